The lowest BCUT2D eigenvalue weighted by Crippen LogP contribution is -2.19. The minimum absolute atomic E-state index is 0.281. The maximum absolute atomic E-state index is 11.8. The fraction of sp³-hybridized carbons (Fsp3) is 0.182. The van der Waals surface area contributed by atoms with E-state index in [2.05, 4.69) is 10.1 Å². The molecule has 1 heterocycles. The number of nitrogens with zero attached hydrogens (tertiary/aromatic N) is 3. The molecule has 0 atom stereocenters. The van der Waals surface area contributed by atoms with Crippen molar-refractivity contribution in [1.82, 2.24) is 14.8 Å². The number of aromatic nitrogens is 3. The first-order chi connectivity index (χ1) is 8.13. The van der Waals surface area contributed by atoms with Crippen molar-refractivity contribution >= 4 is 17.4 Å². The molecule has 0 saturated heterocycles. The second-order valence-corrected chi connectivity index (χ2v) is 4.24. The van der Waals surface area contributed by atoms with Crippen LogP contribution >= 0.6 is 11.8 Å². The number of hydrogen-bond acceptors (Lipinski definition) is 5. The van der Waals surface area contributed by atoms with Crippen LogP contribution in [0.25, 0.3) is 11.3 Å². The molecule has 0 aliphatic heterocycles. The van der Waals surface area contributed by atoms with Crippen molar-refractivity contribution in [3.63, 3.8) is 0 Å². The summed E-state index contributed by atoms with van der Waals surface area (Å²) in [5.74, 6) is 0. The van der Waals surface area contributed by atoms with Crippen molar-refractivity contribution in [2.24, 2.45) is 7.05 Å². The molecule has 5 nitrogen and oxygen atoms in total. The fourth-order valence-corrected chi connectivity index (χ4v) is 1.99. The summed E-state index contributed by atoms with van der Waals surface area (Å²) in [4.78, 5) is 15.8. The SMILES string of the molecule is CSc1nc(=O)c(-c2ccccc2N)nn1C. The van der Waals surface area contributed by atoms with Crippen molar-refractivity contribution in [2.75, 3.05) is 12.0 Å². The summed E-state index contributed by atoms with van der Waals surface area (Å²) in [5, 5.41) is 4.79. The van der Waals surface area contributed by atoms with E-state index in [0.717, 1.165) is 0 Å². The number of rotatable bonds is 2. The standard InChI is InChI=1S/C11H12N4OS/c1-15-11(17-2)13-10(16)9(14-15)7-5-3-4-6-8(7)12/h3-6H,12H2,1-2H3. The monoisotopic (exact) mass is 248 g/mol. The summed E-state index contributed by atoms with van der Waals surface area (Å²) in [5.41, 5.74) is 6.89. The van der Waals surface area contributed by atoms with Crippen molar-refractivity contribution in [3.8, 4) is 11.3 Å². The molecule has 6 heteroatoms. The number of para-hydroxylation sites is 1. The van der Waals surface area contributed by atoms with E-state index in [1.54, 1.807) is 23.9 Å². The van der Waals surface area contributed by atoms with Gasteiger partial charge in [-0.1, -0.05) is 30.0 Å². The van der Waals surface area contributed by atoms with Gasteiger partial charge in [0.05, 0.1) is 0 Å². The third-order valence-corrected chi connectivity index (χ3v) is 3.05. The number of hydrogen-bond donors (Lipinski definition) is 1. The van der Waals surface area contributed by atoms with E-state index in [1.165, 1.54) is 11.8 Å². The van der Waals surface area contributed by atoms with Crippen LogP contribution in [0.15, 0.2) is 34.2 Å². The van der Waals surface area contributed by atoms with Gasteiger partial charge in [-0.15, -0.1) is 0 Å². The number of aryl methyl sites for hydroxylation is 1. The van der Waals surface area contributed by atoms with Gasteiger partial charge in [-0.25, -0.2) is 4.68 Å². The van der Waals surface area contributed by atoms with Gasteiger partial charge in [-0.05, 0) is 12.3 Å². The zero-order valence-corrected chi connectivity index (χ0v) is 10.4. The average Bonchev–Trinajstić information content (AvgIpc) is 2.32. The van der Waals surface area contributed by atoms with Crippen LogP contribution in [-0.4, -0.2) is 21.0 Å². The number of nitrogens with two attached hydrogens (primary N) is 1. The van der Waals surface area contributed by atoms with Crippen LogP contribution in [-0.2, 0) is 7.05 Å². The molecular formula is C11H12N4OS. The van der Waals surface area contributed by atoms with E-state index in [-0.39, 0.29) is 11.3 Å². The van der Waals surface area contributed by atoms with E-state index in [4.69, 9.17) is 5.73 Å². The van der Waals surface area contributed by atoms with E-state index in [1.807, 2.05) is 18.4 Å². The van der Waals surface area contributed by atoms with Gasteiger partial charge in [0.15, 0.2) is 10.9 Å². The lowest BCUT2D eigenvalue weighted by molar-refractivity contribution is 0.617. The fourth-order valence-electron chi connectivity index (χ4n) is 1.51. The molecule has 1 aromatic heterocycles. The van der Waals surface area contributed by atoms with Gasteiger partial charge in [0.1, 0.15) is 0 Å². The largest absolute Gasteiger partial charge is 0.398 e. The van der Waals surface area contributed by atoms with Crippen LogP contribution in [0, 0.1) is 0 Å². The first-order valence-corrected chi connectivity index (χ1v) is 6.20. The second-order valence-electron chi connectivity index (χ2n) is 3.46. The Balaban J connectivity index is 2.66. The molecule has 0 spiro atoms. The summed E-state index contributed by atoms with van der Waals surface area (Å²) in [6.45, 7) is 0. The second kappa shape index (κ2) is 4.58. The Labute approximate surface area is 103 Å². The molecule has 0 bridgehead atoms. The van der Waals surface area contributed by atoms with Gasteiger partial charge in [0, 0.05) is 18.3 Å². The third-order valence-electron chi connectivity index (χ3n) is 2.33. The number of nitrogen functional groups attached to an aromatic ring is 1. The molecule has 17 heavy (non-hydrogen) atoms. The molecule has 2 rings (SSSR count). The Bertz CT molecular complexity index is 609. The quantitative estimate of drug-likeness (QED) is 0.637. The van der Waals surface area contributed by atoms with E-state index >= 15 is 0 Å². The van der Waals surface area contributed by atoms with Crippen LogP contribution in [0.1, 0.15) is 0 Å². The lowest BCUT2D eigenvalue weighted by Gasteiger charge is -2.07. The van der Waals surface area contributed by atoms with Crippen LogP contribution in [0.2, 0.25) is 0 Å². The predicted molar refractivity (Wildman–Crippen MR) is 68.9 cm³/mol. The first-order valence-electron chi connectivity index (χ1n) is 4.97. The summed E-state index contributed by atoms with van der Waals surface area (Å²) in [6, 6.07) is 7.13. The van der Waals surface area contributed by atoms with Crippen LogP contribution in [0.3, 0.4) is 0 Å². The number of benzene rings is 1. The van der Waals surface area contributed by atoms with Gasteiger partial charge in [0.25, 0.3) is 0 Å². The Kier molecular flexibility index (Phi) is 3.14. The lowest BCUT2D eigenvalue weighted by atomic mass is 10.1. The molecular weight excluding hydrogens is 236 g/mol. The molecule has 0 fully saturated rings. The van der Waals surface area contributed by atoms with Gasteiger partial charge in [-0.3, -0.25) is 4.79 Å². The molecule has 0 aliphatic rings. The number of thioether (sulfide) groups is 1. The van der Waals surface area contributed by atoms with Gasteiger partial charge < -0.3 is 5.73 Å². The van der Waals surface area contributed by atoms with E-state index in [9.17, 15) is 4.79 Å². The zero-order valence-electron chi connectivity index (χ0n) is 9.54. The maximum Gasteiger partial charge on any atom is 0.300 e. The Morgan fingerprint density at radius 1 is 1.35 bits per heavy atom. The molecule has 0 unspecified atom stereocenters. The highest BCUT2D eigenvalue weighted by Gasteiger charge is 2.11. The summed E-state index contributed by atoms with van der Waals surface area (Å²) < 4.78 is 1.58. The van der Waals surface area contributed by atoms with Crippen LogP contribution in [0.5, 0.6) is 0 Å². The highest BCUT2D eigenvalue weighted by Crippen LogP contribution is 2.20. The van der Waals surface area contributed by atoms with Crippen LogP contribution < -0.4 is 11.3 Å². The molecule has 0 amide bonds. The normalized spacial score (nSPS) is 10.5. The van der Waals surface area contributed by atoms with Crippen LogP contribution in [0.4, 0.5) is 5.69 Å². The molecule has 0 aliphatic carbocycles. The molecule has 0 radical (unpaired) electrons. The smallest absolute Gasteiger partial charge is 0.300 e. The van der Waals surface area contributed by atoms with Gasteiger partial charge >= 0.3 is 5.56 Å². The van der Waals surface area contributed by atoms with Crippen molar-refractivity contribution in [1.29, 1.82) is 0 Å². The maximum atomic E-state index is 11.8. The molecule has 2 aromatic rings. The summed E-state index contributed by atoms with van der Waals surface area (Å²) in [6.07, 6.45) is 1.85. The highest BCUT2D eigenvalue weighted by atomic mass is 32.2. The van der Waals surface area contributed by atoms with Crippen molar-refractivity contribution in [2.45, 2.75) is 5.16 Å². The molecule has 88 valence electrons. The Hall–Kier alpha value is -1.82. The molecule has 1 aromatic carbocycles. The average molecular weight is 248 g/mol. The molecule has 2 N–H and O–H groups in total. The van der Waals surface area contributed by atoms with E-state index in [0.29, 0.717) is 16.4 Å². The van der Waals surface area contributed by atoms with Crippen molar-refractivity contribution in [3.05, 3.63) is 34.6 Å². The highest BCUT2D eigenvalue weighted by molar-refractivity contribution is 7.98. The zero-order chi connectivity index (χ0) is 12.4. The minimum Gasteiger partial charge on any atom is -0.398 e. The van der Waals surface area contributed by atoms with Gasteiger partial charge in [0.2, 0.25) is 0 Å². The molecule has 0 saturated carbocycles. The Morgan fingerprint density at radius 2 is 2.06 bits per heavy atom. The summed E-state index contributed by atoms with van der Waals surface area (Å²) >= 11 is 1.38. The minimum atomic E-state index is -0.356. The predicted octanol–water partition coefficient (Wildman–Crippen LogP) is 1.15. The summed E-state index contributed by atoms with van der Waals surface area (Å²) in [7, 11) is 1.75. The topological polar surface area (TPSA) is 73.8 Å². The first kappa shape index (κ1) is 11.7. The number of anilines is 1. The Morgan fingerprint density at radius 3 is 2.71 bits per heavy atom. The van der Waals surface area contributed by atoms with Crippen molar-refractivity contribution < 1.29 is 0 Å². The van der Waals surface area contributed by atoms with E-state index < -0.39 is 0 Å². The third kappa shape index (κ3) is 2.16. The van der Waals surface area contributed by atoms with Gasteiger partial charge in [-0.2, -0.15) is 10.1 Å².